The van der Waals surface area contributed by atoms with Crippen LogP contribution in [0.2, 0.25) is 0 Å². The van der Waals surface area contributed by atoms with Gasteiger partial charge in [-0.25, -0.2) is 14.4 Å². The number of aryl methyl sites for hydroxylation is 1. The maximum absolute atomic E-state index is 14.0. The number of aliphatic hydroxyl groups is 1. The lowest BCUT2D eigenvalue weighted by atomic mass is 9.95. The molecule has 10 heteroatoms. The molecular formula is C23H27FN4O4S. The quantitative estimate of drug-likeness (QED) is 0.425. The molecule has 3 N–H and O–H groups in total. The number of amides is 1. The molecule has 8 nitrogen and oxygen atoms in total. The molecule has 0 radical (unpaired) electrons. The molecule has 2 atom stereocenters. The van der Waals surface area contributed by atoms with Crippen molar-refractivity contribution in [1.29, 1.82) is 0 Å². The number of benzene rings is 1. The lowest BCUT2D eigenvalue weighted by Crippen LogP contribution is -2.34. The molecule has 2 aromatic heterocycles. The van der Waals surface area contributed by atoms with Gasteiger partial charge in [-0.1, -0.05) is 6.42 Å². The van der Waals surface area contributed by atoms with Gasteiger partial charge in [0.1, 0.15) is 34.6 Å². The molecule has 4 rings (SSSR count). The summed E-state index contributed by atoms with van der Waals surface area (Å²) in [7, 11) is 1.58. The monoisotopic (exact) mass is 474 g/mol. The Hall–Kier alpha value is -2.82. The summed E-state index contributed by atoms with van der Waals surface area (Å²) in [6.45, 7) is 2.67. The molecule has 0 spiro atoms. The summed E-state index contributed by atoms with van der Waals surface area (Å²) >= 11 is 1.28. The van der Waals surface area contributed by atoms with Crippen LogP contribution in [0.5, 0.6) is 5.75 Å². The second-order valence-corrected chi connectivity index (χ2v) is 8.98. The number of rotatable bonds is 8. The number of hydrogen-bond donors (Lipinski definition) is 3. The average Bonchev–Trinajstić information content (AvgIpc) is 3.15. The van der Waals surface area contributed by atoms with Crippen LogP contribution in [-0.2, 0) is 4.74 Å². The average molecular weight is 475 g/mol. The van der Waals surface area contributed by atoms with Gasteiger partial charge in [-0.2, -0.15) is 0 Å². The molecule has 0 aliphatic heterocycles. The molecule has 33 heavy (non-hydrogen) atoms. The summed E-state index contributed by atoms with van der Waals surface area (Å²) in [5.74, 6) is 0.162. The molecule has 0 bridgehead atoms. The molecule has 176 valence electrons. The third kappa shape index (κ3) is 5.23. The van der Waals surface area contributed by atoms with E-state index in [1.54, 1.807) is 13.2 Å². The van der Waals surface area contributed by atoms with Crippen LogP contribution in [0.1, 0.15) is 40.9 Å². The van der Waals surface area contributed by atoms with Gasteiger partial charge >= 0.3 is 0 Å². The third-order valence-electron chi connectivity index (χ3n) is 5.67. The molecule has 0 unspecified atom stereocenters. The highest BCUT2D eigenvalue weighted by Gasteiger charge is 2.26. The summed E-state index contributed by atoms with van der Waals surface area (Å²) < 4.78 is 25.0. The summed E-state index contributed by atoms with van der Waals surface area (Å²) in [5.41, 5.74) is 1.27. The van der Waals surface area contributed by atoms with Crippen LogP contribution in [0.4, 0.5) is 15.9 Å². The number of ether oxygens (including phenoxy) is 2. The van der Waals surface area contributed by atoms with Crippen LogP contribution in [0, 0.1) is 12.7 Å². The van der Waals surface area contributed by atoms with Gasteiger partial charge in [-0.3, -0.25) is 4.79 Å². The van der Waals surface area contributed by atoms with Gasteiger partial charge < -0.3 is 25.2 Å². The van der Waals surface area contributed by atoms with Crippen molar-refractivity contribution in [2.75, 3.05) is 25.6 Å². The number of nitrogens with zero attached hydrogens (tertiary/aromatic N) is 2. The molecular weight excluding hydrogens is 447 g/mol. The van der Waals surface area contributed by atoms with Gasteiger partial charge in [-0.15, -0.1) is 11.3 Å². The van der Waals surface area contributed by atoms with Crippen molar-refractivity contribution in [3.05, 3.63) is 40.8 Å². The zero-order valence-corrected chi connectivity index (χ0v) is 19.4. The van der Waals surface area contributed by atoms with E-state index in [9.17, 15) is 14.3 Å². The van der Waals surface area contributed by atoms with Crippen molar-refractivity contribution >= 4 is 39.0 Å². The highest BCUT2D eigenvalue weighted by Crippen LogP contribution is 2.37. The molecule has 2 heterocycles. The van der Waals surface area contributed by atoms with E-state index in [0.717, 1.165) is 18.4 Å². The van der Waals surface area contributed by atoms with Crippen LogP contribution >= 0.6 is 11.3 Å². The van der Waals surface area contributed by atoms with Crippen LogP contribution < -0.4 is 15.4 Å². The Bertz CT molecular complexity index is 1140. The zero-order chi connectivity index (χ0) is 23.4. The third-order valence-corrected chi connectivity index (χ3v) is 6.87. The summed E-state index contributed by atoms with van der Waals surface area (Å²) in [6, 6.07) is 4.21. The summed E-state index contributed by atoms with van der Waals surface area (Å²) in [6.07, 6.45) is 3.72. The molecule has 1 aromatic carbocycles. The minimum Gasteiger partial charge on any atom is -0.485 e. The molecule has 1 amide bonds. The minimum absolute atomic E-state index is 0.199. The van der Waals surface area contributed by atoms with E-state index in [1.165, 1.54) is 29.8 Å². The van der Waals surface area contributed by atoms with Crippen molar-refractivity contribution in [3.8, 4) is 5.75 Å². The van der Waals surface area contributed by atoms with Crippen molar-refractivity contribution in [2.45, 2.75) is 44.8 Å². The Morgan fingerprint density at radius 1 is 1.30 bits per heavy atom. The maximum atomic E-state index is 14.0. The highest BCUT2D eigenvalue weighted by molar-refractivity contribution is 7.20. The van der Waals surface area contributed by atoms with Crippen LogP contribution in [0.3, 0.4) is 0 Å². The molecule has 0 saturated heterocycles. The zero-order valence-electron chi connectivity index (χ0n) is 18.6. The number of hydrogen-bond acceptors (Lipinski definition) is 8. The smallest absolute Gasteiger partial charge is 0.261 e. The second-order valence-electron chi connectivity index (χ2n) is 7.98. The normalized spacial score (nSPS) is 18.3. The van der Waals surface area contributed by atoms with Gasteiger partial charge in [0, 0.05) is 19.7 Å². The van der Waals surface area contributed by atoms with E-state index in [4.69, 9.17) is 9.47 Å². The number of carbonyl (C=O) groups is 1. The topological polar surface area (TPSA) is 106 Å². The van der Waals surface area contributed by atoms with E-state index >= 15 is 0 Å². The Labute approximate surface area is 195 Å². The largest absolute Gasteiger partial charge is 0.485 e. The molecule has 3 aromatic rings. The van der Waals surface area contributed by atoms with Gasteiger partial charge in [0.05, 0.1) is 28.7 Å². The number of aliphatic hydroxyl groups excluding tert-OH is 1. The number of thiophene rings is 1. The Balaban J connectivity index is 1.63. The predicted octanol–water partition coefficient (Wildman–Crippen LogP) is 3.94. The van der Waals surface area contributed by atoms with E-state index in [2.05, 4.69) is 20.6 Å². The van der Waals surface area contributed by atoms with E-state index in [1.807, 2.05) is 6.92 Å². The Kier molecular flexibility index (Phi) is 7.36. The van der Waals surface area contributed by atoms with Gasteiger partial charge in [-0.05, 0) is 43.9 Å². The summed E-state index contributed by atoms with van der Waals surface area (Å²) in [5, 5.41) is 17.1. The Morgan fingerprint density at radius 3 is 2.91 bits per heavy atom. The van der Waals surface area contributed by atoms with E-state index < -0.39 is 18.0 Å². The summed E-state index contributed by atoms with van der Waals surface area (Å²) in [4.78, 5) is 22.5. The first kappa shape index (κ1) is 23.3. The lowest BCUT2D eigenvalue weighted by Gasteiger charge is -2.29. The maximum Gasteiger partial charge on any atom is 0.261 e. The second kappa shape index (κ2) is 10.4. The first-order valence-corrected chi connectivity index (χ1v) is 11.7. The molecule has 1 saturated carbocycles. The number of aromatic nitrogens is 2. The number of anilines is 2. The fourth-order valence-corrected chi connectivity index (χ4v) is 5.00. The number of carbonyl (C=O) groups excluding carboxylic acids is 1. The first-order chi connectivity index (χ1) is 16.0. The standard InChI is InChI=1S/C23H27FN4O4S/c1-13-19-21(26-12-27-23(19)33-20(13)22(30)25-9-10-31-2)28-15-8-7-14(24)11-18(15)32-17-6-4-3-5-16(17)29/h7-8,11-12,16-17,29H,3-6,9-10H2,1-2H3,(H,25,30)(H,26,27,28)/t16-,17-/m1/s1. The van der Waals surface area contributed by atoms with Crippen LogP contribution in [-0.4, -0.2) is 53.5 Å². The Morgan fingerprint density at radius 2 is 2.12 bits per heavy atom. The van der Waals surface area contributed by atoms with E-state index in [0.29, 0.717) is 58.3 Å². The lowest BCUT2D eigenvalue weighted by molar-refractivity contribution is 0.00712. The van der Waals surface area contributed by atoms with Crippen LogP contribution in [0.15, 0.2) is 24.5 Å². The van der Waals surface area contributed by atoms with E-state index in [-0.39, 0.29) is 5.91 Å². The fraction of sp³-hybridized carbons (Fsp3) is 0.435. The number of methoxy groups -OCH3 is 1. The highest BCUT2D eigenvalue weighted by atomic mass is 32.1. The van der Waals surface area contributed by atoms with Gasteiger partial charge in [0.25, 0.3) is 5.91 Å². The van der Waals surface area contributed by atoms with Crippen molar-refractivity contribution in [3.63, 3.8) is 0 Å². The van der Waals surface area contributed by atoms with Crippen LogP contribution in [0.25, 0.3) is 10.2 Å². The predicted molar refractivity (Wildman–Crippen MR) is 125 cm³/mol. The van der Waals surface area contributed by atoms with Gasteiger partial charge in [0.2, 0.25) is 0 Å². The number of nitrogens with one attached hydrogen (secondary N) is 2. The first-order valence-electron chi connectivity index (χ1n) is 10.9. The molecule has 1 aliphatic rings. The number of fused-ring (bicyclic) bond motifs is 1. The van der Waals surface area contributed by atoms with Crippen molar-refractivity contribution < 1.29 is 23.8 Å². The van der Waals surface area contributed by atoms with Crippen molar-refractivity contribution in [1.82, 2.24) is 15.3 Å². The van der Waals surface area contributed by atoms with Crippen molar-refractivity contribution in [2.24, 2.45) is 0 Å². The SMILES string of the molecule is COCCNC(=O)c1sc2ncnc(Nc3ccc(F)cc3O[C@@H]3CCCC[C@H]3O)c2c1C. The minimum atomic E-state index is -0.584. The molecule has 1 aliphatic carbocycles. The van der Waals surface area contributed by atoms with Gasteiger partial charge in [0.15, 0.2) is 0 Å². The molecule has 1 fully saturated rings. The fourth-order valence-electron chi connectivity index (χ4n) is 3.93. The number of halogens is 1.